The van der Waals surface area contributed by atoms with Crippen molar-refractivity contribution in [3.63, 3.8) is 0 Å². The second-order valence-corrected chi connectivity index (χ2v) is 5.36. The van der Waals surface area contributed by atoms with Crippen LogP contribution in [0.4, 0.5) is 0 Å². The summed E-state index contributed by atoms with van der Waals surface area (Å²) in [7, 11) is 0. The summed E-state index contributed by atoms with van der Waals surface area (Å²) in [5.74, 6) is 0.924. The van der Waals surface area contributed by atoms with Crippen molar-refractivity contribution in [3.05, 3.63) is 0 Å². The van der Waals surface area contributed by atoms with Gasteiger partial charge in [0.2, 0.25) is 0 Å². The second-order valence-electron chi connectivity index (χ2n) is 5.36. The molecule has 2 atom stereocenters. The van der Waals surface area contributed by atoms with Gasteiger partial charge in [0.15, 0.2) is 0 Å². The highest BCUT2D eigenvalue weighted by Gasteiger charge is 2.33. The molecule has 0 spiro atoms. The van der Waals surface area contributed by atoms with Crippen LogP contribution in [-0.2, 0) is 9.53 Å². The second kappa shape index (κ2) is 5.83. The zero-order valence-corrected chi connectivity index (χ0v) is 10.7. The Kier molecular flexibility index (Phi) is 4.40. The molecule has 1 amide bonds. The number of hydrogen-bond acceptors (Lipinski definition) is 3. The number of nitrogens with zero attached hydrogens (tertiary/aromatic N) is 1. The number of carbonyl (C=O) groups is 1. The number of ether oxygens (including phenoxy) is 1. The highest BCUT2D eigenvalue weighted by molar-refractivity contribution is 5.81. The molecule has 2 unspecified atom stereocenters. The minimum atomic E-state index is -0.170. The van der Waals surface area contributed by atoms with E-state index >= 15 is 0 Å². The topological polar surface area (TPSA) is 55.6 Å². The van der Waals surface area contributed by atoms with Gasteiger partial charge in [-0.25, -0.2) is 0 Å². The van der Waals surface area contributed by atoms with Crippen LogP contribution in [0.5, 0.6) is 0 Å². The highest BCUT2D eigenvalue weighted by atomic mass is 16.5. The zero-order chi connectivity index (χ0) is 12.3. The van der Waals surface area contributed by atoms with Gasteiger partial charge in [0, 0.05) is 13.1 Å². The first-order valence-electron chi connectivity index (χ1n) is 6.85. The molecule has 2 rings (SSSR count). The zero-order valence-electron chi connectivity index (χ0n) is 10.7. The van der Waals surface area contributed by atoms with Crippen LogP contribution in [0.15, 0.2) is 0 Å². The average molecular weight is 240 g/mol. The molecule has 0 radical (unpaired) electrons. The van der Waals surface area contributed by atoms with Gasteiger partial charge in [0.25, 0.3) is 5.91 Å². The first kappa shape index (κ1) is 12.8. The lowest BCUT2D eigenvalue weighted by molar-refractivity contribution is -0.144. The van der Waals surface area contributed by atoms with Crippen molar-refractivity contribution < 1.29 is 9.53 Å². The maximum absolute atomic E-state index is 12.2. The predicted molar refractivity (Wildman–Crippen MR) is 66.5 cm³/mol. The lowest BCUT2D eigenvalue weighted by Crippen LogP contribution is -2.44. The molecular weight excluding hydrogens is 216 g/mol. The standard InChI is InChI=1S/C13H24N2O2/c1-10-2-3-12(17-10)13(16)15-8-5-11(4-7-14)6-9-15/h10-12H,2-9,14H2,1H3. The van der Waals surface area contributed by atoms with Crippen LogP contribution < -0.4 is 5.73 Å². The van der Waals surface area contributed by atoms with Crippen molar-refractivity contribution in [2.45, 2.75) is 51.2 Å². The maximum atomic E-state index is 12.2. The van der Waals surface area contributed by atoms with E-state index in [1.54, 1.807) is 0 Å². The molecule has 0 aromatic rings. The quantitative estimate of drug-likeness (QED) is 0.805. The molecule has 0 aromatic carbocycles. The first-order chi connectivity index (χ1) is 8.20. The smallest absolute Gasteiger partial charge is 0.251 e. The van der Waals surface area contributed by atoms with Crippen molar-refractivity contribution in [1.82, 2.24) is 4.90 Å². The SMILES string of the molecule is CC1CCC(C(=O)N2CCC(CCN)CC2)O1. The van der Waals surface area contributed by atoms with E-state index in [1.807, 2.05) is 11.8 Å². The lowest BCUT2D eigenvalue weighted by Gasteiger charge is -2.33. The van der Waals surface area contributed by atoms with Crippen molar-refractivity contribution in [2.24, 2.45) is 11.7 Å². The van der Waals surface area contributed by atoms with Gasteiger partial charge in [0.05, 0.1) is 6.10 Å². The van der Waals surface area contributed by atoms with E-state index in [2.05, 4.69) is 0 Å². The summed E-state index contributed by atoms with van der Waals surface area (Å²) < 4.78 is 5.64. The number of carbonyl (C=O) groups excluding carboxylic acids is 1. The highest BCUT2D eigenvalue weighted by Crippen LogP contribution is 2.24. The Morgan fingerprint density at radius 1 is 1.29 bits per heavy atom. The molecule has 2 N–H and O–H groups in total. The van der Waals surface area contributed by atoms with Gasteiger partial charge in [0.1, 0.15) is 6.10 Å². The Morgan fingerprint density at radius 3 is 2.53 bits per heavy atom. The largest absolute Gasteiger partial charge is 0.365 e. The number of likely N-dealkylation sites (tertiary alicyclic amines) is 1. The third-order valence-electron chi connectivity index (χ3n) is 4.01. The normalized spacial score (nSPS) is 30.8. The first-order valence-corrected chi connectivity index (χ1v) is 6.85. The van der Waals surface area contributed by atoms with Gasteiger partial charge in [-0.15, -0.1) is 0 Å². The van der Waals surface area contributed by atoms with Crippen molar-refractivity contribution in [1.29, 1.82) is 0 Å². The summed E-state index contributed by atoms with van der Waals surface area (Å²) in [6.45, 7) is 4.58. The maximum Gasteiger partial charge on any atom is 0.251 e. The molecule has 4 nitrogen and oxygen atoms in total. The van der Waals surface area contributed by atoms with Crippen LogP contribution in [0.1, 0.15) is 39.0 Å². The minimum absolute atomic E-state index is 0.170. The van der Waals surface area contributed by atoms with Gasteiger partial charge in [-0.2, -0.15) is 0 Å². The molecule has 0 aromatic heterocycles. The Hall–Kier alpha value is -0.610. The van der Waals surface area contributed by atoms with E-state index in [9.17, 15) is 4.79 Å². The molecule has 0 saturated carbocycles. The van der Waals surface area contributed by atoms with Gasteiger partial charge in [-0.3, -0.25) is 4.79 Å². The van der Waals surface area contributed by atoms with E-state index in [0.717, 1.165) is 51.7 Å². The molecule has 2 heterocycles. The molecule has 2 saturated heterocycles. The fraction of sp³-hybridized carbons (Fsp3) is 0.923. The molecule has 98 valence electrons. The summed E-state index contributed by atoms with van der Waals surface area (Å²) in [5, 5.41) is 0. The van der Waals surface area contributed by atoms with Crippen LogP contribution in [0.3, 0.4) is 0 Å². The van der Waals surface area contributed by atoms with E-state index in [1.165, 1.54) is 0 Å². The van der Waals surface area contributed by atoms with Gasteiger partial charge < -0.3 is 15.4 Å². The van der Waals surface area contributed by atoms with Gasteiger partial charge >= 0.3 is 0 Å². The van der Waals surface area contributed by atoms with Crippen molar-refractivity contribution in [2.75, 3.05) is 19.6 Å². The number of nitrogens with two attached hydrogens (primary N) is 1. The summed E-state index contributed by atoms with van der Waals surface area (Å²) in [5.41, 5.74) is 5.57. The Bertz CT molecular complexity index is 262. The van der Waals surface area contributed by atoms with Crippen LogP contribution in [-0.4, -0.2) is 42.6 Å². The summed E-state index contributed by atoms with van der Waals surface area (Å²) in [4.78, 5) is 14.2. The van der Waals surface area contributed by atoms with E-state index in [0.29, 0.717) is 5.92 Å². The summed E-state index contributed by atoms with van der Waals surface area (Å²) in [6.07, 6.45) is 5.29. The number of hydrogen-bond donors (Lipinski definition) is 1. The predicted octanol–water partition coefficient (Wildman–Crippen LogP) is 1.14. The molecule has 0 bridgehead atoms. The van der Waals surface area contributed by atoms with Gasteiger partial charge in [-0.05, 0) is 51.5 Å². The van der Waals surface area contributed by atoms with E-state index in [-0.39, 0.29) is 18.1 Å². The number of piperidine rings is 1. The molecule has 4 heteroatoms. The van der Waals surface area contributed by atoms with Crippen molar-refractivity contribution >= 4 is 5.91 Å². The molecular formula is C13H24N2O2. The van der Waals surface area contributed by atoms with Crippen LogP contribution in [0, 0.1) is 5.92 Å². The molecule has 2 aliphatic rings. The third-order valence-corrected chi connectivity index (χ3v) is 4.01. The fourth-order valence-corrected chi connectivity index (χ4v) is 2.87. The lowest BCUT2D eigenvalue weighted by atomic mass is 9.93. The Balaban J connectivity index is 1.78. The number of amides is 1. The van der Waals surface area contributed by atoms with Crippen LogP contribution >= 0.6 is 0 Å². The van der Waals surface area contributed by atoms with Crippen LogP contribution in [0.2, 0.25) is 0 Å². The van der Waals surface area contributed by atoms with E-state index in [4.69, 9.17) is 10.5 Å². The van der Waals surface area contributed by atoms with Gasteiger partial charge in [-0.1, -0.05) is 0 Å². The monoisotopic (exact) mass is 240 g/mol. The Morgan fingerprint density at radius 2 is 2.00 bits per heavy atom. The summed E-state index contributed by atoms with van der Waals surface area (Å²) >= 11 is 0. The fourth-order valence-electron chi connectivity index (χ4n) is 2.87. The molecule has 2 aliphatic heterocycles. The average Bonchev–Trinajstić information content (AvgIpc) is 2.76. The molecule has 0 aliphatic carbocycles. The third kappa shape index (κ3) is 3.19. The summed E-state index contributed by atoms with van der Waals surface area (Å²) in [6, 6.07) is 0. The Labute approximate surface area is 103 Å². The van der Waals surface area contributed by atoms with E-state index < -0.39 is 0 Å². The minimum Gasteiger partial charge on any atom is -0.365 e. The molecule has 2 fully saturated rings. The van der Waals surface area contributed by atoms with Crippen molar-refractivity contribution in [3.8, 4) is 0 Å². The van der Waals surface area contributed by atoms with Crippen LogP contribution in [0.25, 0.3) is 0 Å². The number of rotatable bonds is 3. The molecule has 17 heavy (non-hydrogen) atoms.